The Labute approximate surface area is 141 Å². The molecule has 8 nitrogen and oxygen atoms in total. The minimum absolute atomic E-state index is 0.00829. The predicted octanol–water partition coefficient (Wildman–Crippen LogP) is 1.01. The van der Waals surface area contributed by atoms with Gasteiger partial charge in [-0.3, -0.25) is 14.4 Å². The first-order valence-corrected chi connectivity index (χ1v) is 9.72. The quantitative estimate of drug-likeness (QED) is 0.545. The smallest absolute Gasteiger partial charge is 0.311 e. The van der Waals surface area contributed by atoms with E-state index < -0.39 is 21.9 Å². The molecule has 3 atom stereocenters. The first-order chi connectivity index (χ1) is 11.1. The van der Waals surface area contributed by atoms with Crippen molar-refractivity contribution in [3.05, 3.63) is 0 Å². The van der Waals surface area contributed by atoms with Gasteiger partial charge in [0.1, 0.15) is 0 Å². The molecule has 2 bridgehead atoms. The molecule has 3 rings (SSSR count). The first-order valence-electron chi connectivity index (χ1n) is 7.90. The van der Waals surface area contributed by atoms with Crippen LogP contribution in [0.1, 0.15) is 45.4 Å². The number of fused-ring (bicyclic) bond motifs is 2. The van der Waals surface area contributed by atoms with E-state index in [0.717, 1.165) is 18.6 Å². The monoisotopic (exact) mass is 361 g/mol. The van der Waals surface area contributed by atoms with E-state index in [4.69, 9.17) is 4.74 Å². The third-order valence-electron chi connectivity index (χ3n) is 5.02. The van der Waals surface area contributed by atoms with Crippen LogP contribution in [0.3, 0.4) is 0 Å². The molecule has 3 unspecified atom stereocenters. The average molecular weight is 361 g/mol. The van der Waals surface area contributed by atoms with Crippen LogP contribution in [0.5, 0.6) is 0 Å². The summed E-state index contributed by atoms with van der Waals surface area (Å²) in [6.07, 6.45) is 5.66. The minimum Gasteiger partial charge on any atom is -0.469 e. The Kier molecular flexibility index (Phi) is 5.34. The van der Waals surface area contributed by atoms with Gasteiger partial charge in [-0.2, -0.15) is 8.42 Å². The van der Waals surface area contributed by atoms with E-state index in [1.165, 1.54) is 26.4 Å². The standard InChI is InChI=1S/C10H16O2.C5H7NO5S/c1-10(9(11)12-2)6-7-3-4-8(10)5-7;1-12(9,10)11-6-4(7)2-3-5(6)8/h7-8H,3-6H2,1-2H3;2-3H2,1H3. The van der Waals surface area contributed by atoms with Gasteiger partial charge in [0, 0.05) is 12.8 Å². The van der Waals surface area contributed by atoms with Crippen molar-refractivity contribution in [1.29, 1.82) is 0 Å². The Morgan fingerprint density at radius 2 is 1.79 bits per heavy atom. The lowest BCUT2D eigenvalue weighted by Gasteiger charge is -2.30. The summed E-state index contributed by atoms with van der Waals surface area (Å²) in [5, 5.41) is 0.287. The van der Waals surface area contributed by atoms with Gasteiger partial charge >= 0.3 is 5.97 Å². The number of carbonyl (C=O) groups is 3. The molecule has 1 aliphatic heterocycles. The van der Waals surface area contributed by atoms with Gasteiger partial charge in [0.15, 0.2) is 0 Å². The minimum atomic E-state index is -3.79. The fourth-order valence-corrected chi connectivity index (χ4v) is 4.30. The zero-order valence-corrected chi connectivity index (χ0v) is 14.9. The molecule has 9 heteroatoms. The number of carbonyl (C=O) groups excluding carboxylic acids is 3. The van der Waals surface area contributed by atoms with Gasteiger partial charge in [0.2, 0.25) is 0 Å². The number of hydroxylamine groups is 2. The van der Waals surface area contributed by atoms with Crippen molar-refractivity contribution in [3.63, 3.8) is 0 Å². The highest BCUT2D eigenvalue weighted by Crippen LogP contribution is 2.56. The maximum atomic E-state index is 11.5. The maximum absolute atomic E-state index is 11.5. The van der Waals surface area contributed by atoms with Crippen molar-refractivity contribution in [2.45, 2.75) is 45.4 Å². The van der Waals surface area contributed by atoms with Crippen LogP contribution in [0.2, 0.25) is 0 Å². The van der Waals surface area contributed by atoms with E-state index in [1.54, 1.807) is 0 Å². The van der Waals surface area contributed by atoms with E-state index in [1.807, 2.05) is 0 Å². The van der Waals surface area contributed by atoms with Crippen molar-refractivity contribution < 1.29 is 31.8 Å². The summed E-state index contributed by atoms with van der Waals surface area (Å²) >= 11 is 0. The van der Waals surface area contributed by atoms with Gasteiger partial charge < -0.3 is 4.74 Å². The Balaban J connectivity index is 0.000000174. The lowest BCUT2D eigenvalue weighted by atomic mass is 9.75. The topological polar surface area (TPSA) is 107 Å². The molecule has 24 heavy (non-hydrogen) atoms. The van der Waals surface area contributed by atoms with Crippen LogP contribution < -0.4 is 0 Å². The summed E-state index contributed by atoms with van der Waals surface area (Å²) in [5.74, 6) is 0.180. The molecule has 3 fully saturated rings. The van der Waals surface area contributed by atoms with Crippen LogP contribution in [-0.2, 0) is 33.5 Å². The largest absolute Gasteiger partial charge is 0.469 e. The summed E-state index contributed by atoms with van der Waals surface area (Å²) in [6.45, 7) is 2.07. The molecule has 0 radical (unpaired) electrons. The summed E-state index contributed by atoms with van der Waals surface area (Å²) < 4.78 is 30.0. The van der Waals surface area contributed by atoms with Crippen molar-refractivity contribution in [1.82, 2.24) is 5.06 Å². The third-order valence-corrected chi connectivity index (χ3v) is 5.44. The molecule has 0 aromatic rings. The first kappa shape index (κ1) is 18.9. The van der Waals surface area contributed by atoms with Gasteiger partial charge in [-0.1, -0.05) is 6.42 Å². The summed E-state index contributed by atoms with van der Waals surface area (Å²) in [7, 11) is -2.29. The molecule has 2 amide bonds. The molecule has 0 aromatic heterocycles. The second-order valence-corrected chi connectivity index (χ2v) is 8.41. The number of amides is 2. The van der Waals surface area contributed by atoms with E-state index in [0.29, 0.717) is 5.92 Å². The van der Waals surface area contributed by atoms with Gasteiger partial charge in [0.25, 0.3) is 21.9 Å². The molecule has 136 valence electrons. The molecule has 3 aliphatic rings. The number of esters is 1. The summed E-state index contributed by atoms with van der Waals surface area (Å²) in [4.78, 5) is 33.1. The van der Waals surface area contributed by atoms with Crippen LogP contribution in [0.15, 0.2) is 0 Å². The van der Waals surface area contributed by atoms with E-state index in [2.05, 4.69) is 11.2 Å². The van der Waals surface area contributed by atoms with Gasteiger partial charge in [0.05, 0.1) is 18.8 Å². The number of nitrogens with zero attached hydrogens (tertiary/aromatic N) is 1. The number of hydrogen-bond donors (Lipinski definition) is 0. The fourth-order valence-electron chi connectivity index (χ4n) is 3.86. The van der Waals surface area contributed by atoms with E-state index in [-0.39, 0.29) is 29.3 Å². The highest BCUT2D eigenvalue weighted by molar-refractivity contribution is 7.85. The van der Waals surface area contributed by atoms with Crippen molar-refractivity contribution >= 4 is 27.9 Å². The molecule has 1 heterocycles. The zero-order chi connectivity index (χ0) is 18.1. The molecule has 0 N–H and O–H groups in total. The summed E-state index contributed by atoms with van der Waals surface area (Å²) in [6, 6.07) is 0. The molecule has 2 saturated carbocycles. The lowest BCUT2D eigenvalue weighted by Crippen LogP contribution is -2.34. The van der Waals surface area contributed by atoms with Gasteiger partial charge in [-0.05, 0) is 38.0 Å². The maximum Gasteiger partial charge on any atom is 0.311 e. The Hall–Kier alpha value is -1.48. The van der Waals surface area contributed by atoms with E-state index >= 15 is 0 Å². The number of hydrogen-bond acceptors (Lipinski definition) is 7. The van der Waals surface area contributed by atoms with Crippen LogP contribution in [0, 0.1) is 17.3 Å². The van der Waals surface area contributed by atoms with Crippen LogP contribution in [0.4, 0.5) is 0 Å². The summed E-state index contributed by atoms with van der Waals surface area (Å²) in [5.41, 5.74) is -0.141. The molecular formula is C15H23NO7S. The Morgan fingerprint density at radius 1 is 1.21 bits per heavy atom. The molecular weight excluding hydrogens is 338 g/mol. The van der Waals surface area contributed by atoms with Crippen molar-refractivity contribution in [2.75, 3.05) is 13.4 Å². The van der Waals surface area contributed by atoms with Crippen molar-refractivity contribution in [2.24, 2.45) is 17.3 Å². The SMILES string of the molecule is COC(=O)C1(C)CC2CCC1C2.CS(=O)(=O)ON1C(=O)CCC1=O. The molecule has 1 saturated heterocycles. The molecule has 0 spiro atoms. The number of methoxy groups -OCH3 is 1. The zero-order valence-electron chi connectivity index (χ0n) is 14.1. The molecule has 2 aliphatic carbocycles. The third kappa shape index (κ3) is 3.94. The number of rotatable bonds is 3. The van der Waals surface area contributed by atoms with Gasteiger partial charge in [-0.25, -0.2) is 0 Å². The van der Waals surface area contributed by atoms with Crippen molar-refractivity contribution in [3.8, 4) is 0 Å². The number of imide groups is 1. The Morgan fingerprint density at radius 3 is 2.17 bits per heavy atom. The number of ether oxygens (including phenoxy) is 1. The second-order valence-electron chi connectivity index (χ2n) is 6.85. The highest BCUT2D eigenvalue weighted by atomic mass is 32.2. The highest BCUT2D eigenvalue weighted by Gasteiger charge is 2.53. The van der Waals surface area contributed by atoms with E-state index in [9.17, 15) is 22.8 Å². The average Bonchev–Trinajstić information content (AvgIpc) is 3.16. The Bertz CT molecular complexity index is 628. The van der Waals surface area contributed by atoms with Crippen LogP contribution in [-0.4, -0.2) is 44.6 Å². The predicted molar refractivity (Wildman–Crippen MR) is 82.6 cm³/mol. The second kappa shape index (κ2) is 6.79. The molecule has 0 aromatic carbocycles. The fraction of sp³-hybridized carbons (Fsp3) is 0.800. The lowest BCUT2D eigenvalue weighted by molar-refractivity contribution is -0.163. The van der Waals surface area contributed by atoms with Crippen LogP contribution >= 0.6 is 0 Å². The van der Waals surface area contributed by atoms with Gasteiger partial charge in [-0.15, -0.1) is 9.35 Å². The normalized spacial score (nSPS) is 31.9. The van der Waals surface area contributed by atoms with Crippen LogP contribution in [0.25, 0.3) is 0 Å².